The van der Waals surface area contributed by atoms with Crippen molar-refractivity contribution in [3.05, 3.63) is 95.8 Å². The third-order valence-electron chi connectivity index (χ3n) is 5.36. The van der Waals surface area contributed by atoms with E-state index < -0.39 is 11.9 Å². The topological polar surface area (TPSA) is 74.1 Å². The van der Waals surface area contributed by atoms with E-state index in [4.69, 9.17) is 4.99 Å². The average Bonchev–Trinajstić information content (AvgIpc) is 3.16. The van der Waals surface area contributed by atoms with E-state index in [1.165, 1.54) is 23.9 Å². The van der Waals surface area contributed by atoms with E-state index in [-0.39, 0.29) is 23.3 Å². The van der Waals surface area contributed by atoms with E-state index >= 15 is 0 Å². The maximum absolute atomic E-state index is 13.9. The Kier molecular flexibility index (Phi) is 5.75. The SMILES string of the molecule is O=C(CSC1=Nc2ccccc2C2=NC(=O)C(Cc3ccccc3)N12)Nc1ccccc1F. The summed E-state index contributed by atoms with van der Waals surface area (Å²) in [4.78, 5) is 36.3. The minimum atomic E-state index is -0.545. The van der Waals surface area contributed by atoms with Gasteiger partial charge < -0.3 is 5.32 Å². The first-order valence-electron chi connectivity index (χ1n) is 10.4. The Morgan fingerprint density at radius 1 is 0.970 bits per heavy atom. The number of amidine groups is 2. The van der Waals surface area contributed by atoms with E-state index in [2.05, 4.69) is 10.3 Å². The van der Waals surface area contributed by atoms with Gasteiger partial charge in [0.1, 0.15) is 17.7 Å². The van der Waals surface area contributed by atoms with E-state index in [1.807, 2.05) is 59.5 Å². The summed E-state index contributed by atoms with van der Waals surface area (Å²) < 4.78 is 13.9. The van der Waals surface area contributed by atoms with E-state index in [0.29, 0.717) is 23.1 Å². The molecule has 33 heavy (non-hydrogen) atoms. The summed E-state index contributed by atoms with van der Waals surface area (Å²) in [5.41, 5.74) is 2.60. The molecule has 6 nitrogen and oxygen atoms in total. The average molecular weight is 459 g/mol. The molecule has 3 aromatic rings. The van der Waals surface area contributed by atoms with Gasteiger partial charge in [0.05, 0.1) is 17.1 Å². The predicted molar refractivity (Wildman–Crippen MR) is 128 cm³/mol. The van der Waals surface area contributed by atoms with Crippen molar-refractivity contribution >= 4 is 46.0 Å². The molecule has 1 N–H and O–H groups in total. The van der Waals surface area contributed by atoms with Gasteiger partial charge >= 0.3 is 0 Å². The molecule has 0 bridgehead atoms. The van der Waals surface area contributed by atoms with Crippen LogP contribution in [0.4, 0.5) is 15.8 Å². The molecule has 164 valence electrons. The largest absolute Gasteiger partial charge is 0.323 e. The number of anilines is 1. The van der Waals surface area contributed by atoms with Crippen LogP contribution in [0.15, 0.2) is 88.8 Å². The van der Waals surface area contributed by atoms with Gasteiger partial charge in [-0.3, -0.25) is 14.5 Å². The first-order chi connectivity index (χ1) is 16.1. The number of benzene rings is 3. The first-order valence-corrected chi connectivity index (χ1v) is 11.4. The van der Waals surface area contributed by atoms with Gasteiger partial charge in [-0.05, 0) is 29.8 Å². The van der Waals surface area contributed by atoms with Crippen LogP contribution >= 0.6 is 11.8 Å². The lowest BCUT2D eigenvalue weighted by Crippen LogP contribution is -2.45. The minimum absolute atomic E-state index is 0.00532. The van der Waals surface area contributed by atoms with Crippen molar-refractivity contribution in [1.29, 1.82) is 0 Å². The summed E-state index contributed by atoms with van der Waals surface area (Å²) in [6.07, 6.45) is 0.468. The van der Waals surface area contributed by atoms with E-state index in [0.717, 1.165) is 11.1 Å². The van der Waals surface area contributed by atoms with Crippen LogP contribution in [0, 0.1) is 5.82 Å². The first kappa shape index (κ1) is 21.1. The molecule has 5 rings (SSSR count). The highest BCUT2D eigenvalue weighted by Crippen LogP contribution is 2.35. The van der Waals surface area contributed by atoms with Crippen LogP contribution in [0.2, 0.25) is 0 Å². The van der Waals surface area contributed by atoms with Crippen LogP contribution in [0.1, 0.15) is 11.1 Å². The molecule has 0 saturated carbocycles. The van der Waals surface area contributed by atoms with Crippen molar-refractivity contribution in [2.75, 3.05) is 11.1 Å². The summed E-state index contributed by atoms with van der Waals surface area (Å²) in [6.45, 7) is 0. The highest BCUT2D eigenvalue weighted by molar-refractivity contribution is 8.14. The van der Waals surface area contributed by atoms with Crippen molar-refractivity contribution in [2.24, 2.45) is 9.98 Å². The number of thioether (sulfide) groups is 1. The Bertz CT molecular complexity index is 1290. The van der Waals surface area contributed by atoms with E-state index in [9.17, 15) is 14.0 Å². The molecule has 2 aliphatic heterocycles. The Morgan fingerprint density at radius 2 is 1.70 bits per heavy atom. The maximum Gasteiger partial charge on any atom is 0.271 e. The summed E-state index contributed by atoms with van der Waals surface area (Å²) in [6, 6.07) is 22.7. The van der Waals surface area contributed by atoms with Crippen molar-refractivity contribution in [3.8, 4) is 0 Å². The number of carbonyl (C=O) groups excluding carboxylic acids is 2. The zero-order chi connectivity index (χ0) is 22.8. The number of halogens is 1. The zero-order valence-corrected chi connectivity index (χ0v) is 18.3. The Labute approximate surface area is 194 Å². The molecule has 1 unspecified atom stereocenters. The number of carbonyl (C=O) groups is 2. The van der Waals surface area contributed by atoms with Crippen LogP contribution in [0.5, 0.6) is 0 Å². The molecule has 2 aliphatic rings. The Morgan fingerprint density at radius 3 is 2.52 bits per heavy atom. The van der Waals surface area contributed by atoms with Crippen molar-refractivity contribution in [1.82, 2.24) is 4.90 Å². The van der Waals surface area contributed by atoms with Gasteiger partial charge in [-0.2, -0.15) is 4.99 Å². The van der Waals surface area contributed by atoms with Crippen LogP contribution < -0.4 is 5.32 Å². The summed E-state index contributed by atoms with van der Waals surface area (Å²) in [7, 11) is 0. The molecule has 0 saturated heterocycles. The van der Waals surface area contributed by atoms with Crippen molar-refractivity contribution < 1.29 is 14.0 Å². The number of hydrogen-bond acceptors (Lipinski definition) is 5. The standard InChI is InChI=1S/C25H19FN4O2S/c26-18-11-5-7-13-20(18)27-22(31)15-33-25-28-19-12-6-4-10-17(19)23-29-24(32)21(30(23)25)14-16-8-2-1-3-9-16/h1-13,21H,14-15H2,(H,27,31). The van der Waals surface area contributed by atoms with Gasteiger partial charge in [0, 0.05) is 12.0 Å². The van der Waals surface area contributed by atoms with Crippen LogP contribution in [0.3, 0.4) is 0 Å². The third-order valence-corrected chi connectivity index (χ3v) is 6.31. The summed E-state index contributed by atoms with van der Waals surface area (Å²) in [5, 5.41) is 3.10. The van der Waals surface area contributed by atoms with Crippen LogP contribution in [0.25, 0.3) is 0 Å². The van der Waals surface area contributed by atoms with Gasteiger partial charge in [-0.1, -0.05) is 66.4 Å². The predicted octanol–water partition coefficient (Wildman–Crippen LogP) is 4.40. The lowest BCUT2D eigenvalue weighted by molar-refractivity contribution is -0.119. The maximum atomic E-state index is 13.9. The normalized spacial score (nSPS) is 16.6. The molecule has 2 heterocycles. The van der Waals surface area contributed by atoms with Crippen molar-refractivity contribution in [3.63, 3.8) is 0 Å². The lowest BCUT2D eigenvalue weighted by atomic mass is 10.0. The highest BCUT2D eigenvalue weighted by atomic mass is 32.2. The van der Waals surface area contributed by atoms with Gasteiger partial charge in [0.2, 0.25) is 5.91 Å². The summed E-state index contributed by atoms with van der Waals surface area (Å²) in [5.74, 6) is -0.554. The molecule has 1 atom stereocenters. The van der Waals surface area contributed by atoms with Gasteiger partial charge in [0.25, 0.3) is 5.91 Å². The van der Waals surface area contributed by atoms with Crippen LogP contribution in [-0.2, 0) is 16.0 Å². The fourth-order valence-electron chi connectivity index (χ4n) is 3.82. The Balaban J connectivity index is 1.40. The number of para-hydroxylation sites is 2. The second-order valence-corrected chi connectivity index (χ2v) is 8.52. The fraction of sp³-hybridized carbons (Fsp3) is 0.120. The molecule has 0 aliphatic carbocycles. The van der Waals surface area contributed by atoms with Gasteiger partial charge in [0.15, 0.2) is 5.17 Å². The molecular weight excluding hydrogens is 439 g/mol. The second-order valence-electron chi connectivity index (χ2n) is 7.58. The van der Waals surface area contributed by atoms with Gasteiger partial charge in [-0.25, -0.2) is 9.38 Å². The zero-order valence-electron chi connectivity index (χ0n) is 17.4. The molecule has 0 spiro atoms. The lowest BCUT2D eigenvalue weighted by Gasteiger charge is -2.31. The second kappa shape index (κ2) is 8.99. The third kappa shape index (κ3) is 4.29. The molecule has 0 radical (unpaired) electrons. The monoisotopic (exact) mass is 458 g/mol. The van der Waals surface area contributed by atoms with Crippen LogP contribution in [-0.4, -0.2) is 39.5 Å². The smallest absolute Gasteiger partial charge is 0.271 e. The number of hydrogen-bond donors (Lipinski definition) is 1. The molecule has 2 amide bonds. The Hall–Kier alpha value is -3.78. The number of rotatable bonds is 5. The number of nitrogens with one attached hydrogen (secondary N) is 1. The number of aliphatic imine (C=N–C) groups is 2. The molecule has 0 fully saturated rings. The van der Waals surface area contributed by atoms with Gasteiger partial charge in [-0.15, -0.1) is 0 Å². The molecular formula is C25H19FN4O2S. The van der Waals surface area contributed by atoms with E-state index in [1.54, 1.807) is 12.1 Å². The molecule has 8 heteroatoms. The highest BCUT2D eigenvalue weighted by Gasteiger charge is 2.41. The van der Waals surface area contributed by atoms with Crippen molar-refractivity contribution in [2.45, 2.75) is 12.5 Å². The number of nitrogens with zero attached hydrogens (tertiary/aromatic N) is 3. The summed E-state index contributed by atoms with van der Waals surface area (Å²) >= 11 is 1.20. The number of amides is 2. The molecule has 0 aromatic heterocycles. The fourth-order valence-corrected chi connectivity index (χ4v) is 4.67. The minimum Gasteiger partial charge on any atom is -0.323 e. The quantitative estimate of drug-likeness (QED) is 0.615. The molecule has 3 aromatic carbocycles. The number of fused-ring (bicyclic) bond motifs is 3.